The molecule has 1 unspecified atom stereocenters. The maximum absolute atomic E-state index is 13.2. The fourth-order valence-electron chi connectivity index (χ4n) is 3.52. The zero-order chi connectivity index (χ0) is 24.6. The monoisotopic (exact) mass is 479 g/mol. The third-order valence-electron chi connectivity index (χ3n) is 5.05. The maximum atomic E-state index is 13.2. The molecule has 1 heterocycles. The van der Waals surface area contributed by atoms with Gasteiger partial charge in [-0.2, -0.15) is 26.3 Å². The number of rotatable bonds is 3. The second-order valence-electron chi connectivity index (χ2n) is 7.35. The van der Waals surface area contributed by atoms with E-state index >= 15 is 0 Å². The lowest BCUT2D eigenvalue weighted by Crippen LogP contribution is -2.42. The Morgan fingerprint density at radius 1 is 0.909 bits per heavy atom. The molecule has 1 saturated heterocycles. The molecule has 3 amide bonds. The van der Waals surface area contributed by atoms with Crippen molar-refractivity contribution < 1.29 is 45.4 Å². The summed E-state index contributed by atoms with van der Waals surface area (Å²) in [5, 5.41) is 13.6. The molecule has 13 heteroatoms. The Morgan fingerprint density at radius 3 is 1.94 bits per heavy atom. The van der Waals surface area contributed by atoms with E-state index < -0.39 is 59.1 Å². The van der Waals surface area contributed by atoms with Crippen LogP contribution in [0.25, 0.3) is 0 Å². The summed E-state index contributed by atoms with van der Waals surface area (Å²) in [6.45, 7) is -0.255. The fraction of sp³-hybridized carbons (Fsp3) is 0.300. The number of hydrogen-bond acceptors (Lipinski definition) is 2. The lowest BCUT2D eigenvalue weighted by Gasteiger charge is -2.21. The Labute approximate surface area is 182 Å². The van der Waals surface area contributed by atoms with Crippen molar-refractivity contribution in [2.45, 2.75) is 24.3 Å². The van der Waals surface area contributed by atoms with Crippen LogP contribution in [0.1, 0.15) is 22.6 Å². The van der Waals surface area contributed by atoms with E-state index in [1.807, 2.05) is 5.32 Å². The van der Waals surface area contributed by atoms with Crippen molar-refractivity contribution in [2.75, 3.05) is 18.4 Å². The molecule has 0 spiro atoms. The third kappa shape index (κ3) is 5.84. The van der Waals surface area contributed by atoms with Gasteiger partial charge in [0, 0.05) is 24.7 Å². The molecule has 3 N–H and O–H groups in total. The van der Waals surface area contributed by atoms with Gasteiger partial charge in [0.1, 0.15) is 5.82 Å². The van der Waals surface area contributed by atoms with Gasteiger partial charge in [-0.15, -0.1) is 0 Å². The Morgan fingerprint density at radius 2 is 1.45 bits per heavy atom. The van der Waals surface area contributed by atoms with Crippen LogP contribution in [0.15, 0.2) is 42.5 Å². The second kappa shape index (κ2) is 8.79. The number of carboxylic acid groups (broad SMARTS) is 1. The maximum Gasteiger partial charge on any atom is 0.416 e. The van der Waals surface area contributed by atoms with Gasteiger partial charge in [0.25, 0.3) is 0 Å². The summed E-state index contributed by atoms with van der Waals surface area (Å²) in [4.78, 5) is 24.7. The Kier molecular flexibility index (Phi) is 6.43. The summed E-state index contributed by atoms with van der Waals surface area (Å²) < 4.78 is 91.2. The van der Waals surface area contributed by atoms with Crippen LogP contribution in [0.2, 0.25) is 0 Å². The van der Waals surface area contributed by atoms with Crippen LogP contribution >= 0.6 is 0 Å². The number of halogens is 7. The Bertz CT molecular complexity index is 1010. The largest absolute Gasteiger partial charge is 0.465 e. The van der Waals surface area contributed by atoms with E-state index in [1.54, 1.807) is 0 Å². The first-order valence-corrected chi connectivity index (χ1v) is 9.34. The first-order chi connectivity index (χ1) is 15.2. The number of carbonyl (C=O) groups excluding carboxylic acids is 1. The molecule has 0 saturated carbocycles. The number of nitrogens with one attached hydrogen (secondary N) is 2. The molecule has 0 aromatic heterocycles. The van der Waals surface area contributed by atoms with E-state index in [2.05, 4.69) is 5.32 Å². The lowest BCUT2D eigenvalue weighted by atomic mass is 9.94. The van der Waals surface area contributed by atoms with E-state index in [1.165, 1.54) is 12.1 Å². The van der Waals surface area contributed by atoms with Crippen molar-refractivity contribution in [2.24, 2.45) is 0 Å². The van der Waals surface area contributed by atoms with Gasteiger partial charge < -0.3 is 20.6 Å². The first kappa shape index (κ1) is 24.1. The number of hydrogen-bond donors (Lipinski definition) is 3. The highest BCUT2D eigenvalue weighted by molar-refractivity contribution is 5.90. The minimum absolute atomic E-state index is 0.0618. The first-order valence-electron chi connectivity index (χ1n) is 9.34. The van der Waals surface area contributed by atoms with Gasteiger partial charge in [-0.05, 0) is 35.9 Å². The third-order valence-corrected chi connectivity index (χ3v) is 5.05. The highest BCUT2D eigenvalue weighted by atomic mass is 19.4. The second-order valence-corrected chi connectivity index (χ2v) is 7.35. The Balaban J connectivity index is 1.82. The van der Waals surface area contributed by atoms with Gasteiger partial charge in [0.2, 0.25) is 0 Å². The topological polar surface area (TPSA) is 81.7 Å². The summed E-state index contributed by atoms with van der Waals surface area (Å²) in [6.07, 6.45) is -11.5. The molecular formula is C20H16F7N3O3. The summed E-state index contributed by atoms with van der Waals surface area (Å²) in [6, 6.07) is 3.67. The fourth-order valence-corrected chi connectivity index (χ4v) is 3.52. The summed E-state index contributed by atoms with van der Waals surface area (Å²) in [5.74, 6) is -1.17. The summed E-state index contributed by atoms with van der Waals surface area (Å²) >= 11 is 0. The van der Waals surface area contributed by atoms with Gasteiger partial charge in [-0.1, -0.05) is 12.1 Å². The van der Waals surface area contributed by atoms with Crippen molar-refractivity contribution in [3.8, 4) is 0 Å². The van der Waals surface area contributed by atoms with E-state index in [4.69, 9.17) is 0 Å². The minimum atomic E-state index is -5.09. The van der Waals surface area contributed by atoms with Crippen molar-refractivity contribution >= 4 is 17.8 Å². The molecule has 1 aliphatic heterocycles. The summed E-state index contributed by atoms with van der Waals surface area (Å²) in [7, 11) is 0. The molecule has 0 bridgehead atoms. The van der Waals surface area contributed by atoms with Crippen molar-refractivity contribution in [1.29, 1.82) is 0 Å². The quantitative estimate of drug-likeness (QED) is 0.534. The SMILES string of the molecule is O=C(Nc1cc(C(F)(F)F)cc(C(F)(F)F)c1)NC1CN(C(=O)O)C[C@H]1c1ccc(F)cc1. The smallest absolute Gasteiger partial charge is 0.416 e. The van der Waals surface area contributed by atoms with E-state index in [0.717, 1.165) is 17.0 Å². The number of amides is 3. The van der Waals surface area contributed by atoms with Crippen LogP contribution in [-0.4, -0.2) is 41.3 Å². The normalized spacial score (nSPS) is 18.8. The highest BCUT2D eigenvalue weighted by Gasteiger charge is 2.39. The molecule has 178 valence electrons. The van der Waals surface area contributed by atoms with Gasteiger partial charge in [0.15, 0.2) is 0 Å². The molecule has 3 rings (SSSR count). The van der Waals surface area contributed by atoms with Crippen LogP contribution < -0.4 is 10.6 Å². The van der Waals surface area contributed by atoms with Gasteiger partial charge >= 0.3 is 24.5 Å². The average Bonchev–Trinajstić information content (AvgIpc) is 3.11. The zero-order valence-electron chi connectivity index (χ0n) is 16.5. The molecule has 1 aliphatic rings. The van der Waals surface area contributed by atoms with Crippen LogP contribution in [0, 0.1) is 5.82 Å². The lowest BCUT2D eigenvalue weighted by molar-refractivity contribution is -0.143. The number of nitrogens with zero attached hydrogens (tertiary/aromatic N) is 1. The predicted octanol–water partition coefficient (Wildman–Crippen LogP) is 5.13. The van der Waals surface area contributed by atoms with E-state index in [0.29, 0.717) is 17.7 Å². The van der Waals surface area contributed by atoms with Crippen LogP contribution in [-0.2, 0) is 12.4 Å². The predicted molar refractivity (Wildman–Crippen MR) is 101 cm³/mol. The highest BCUT2D eigenvalue weighted by Crippen LogP contribution is 2.37. The molecule has 0 aliphatic carbocycles. The number of urea groups is 1. The number of benzene rings is 2. The van der Waals surface area contributed by atoms with Crippen LogP contribution in [0.3, 0.4) is 0 Å². The molecule has 2 atom stereocenters. The standard InChI is InChI=1S/C20H16F7N3O3/c21-13-3-1-10(2-4-13)15-8-30(18(32)33)9-16(15)29-17(31)28-14-6-11(19(22,23)24)5-12(7-14)20(25,26)27/h1-7,15-16H,8-9H2,(H,32,33)(H2,28,29,31)/t15-,16?/m0/s1. The van der Waals surface area contributed by atoms with Crippen molar-refractivity contribution in [1.82, 2.24) is 10.2 Å². The number of likely N-dealkylation sites (tertiary alicyclic amines) is 1. The molecule has 1 fully saturated rings. The van der Waals surface area contributed by atoms with E-state index in [-0.39, 0.29) is 19.2 Å². The molecule has 33 heavy (non-hydrogen) atoms. The van der Waals surface area contributed by atoms with Crippen LogP contribution in [0.4, 0.5) is 46.0 Å². The molecule has 0 radical (unpaired) electrons. The number of carbonyl (C=O) groups is 2. The van der Waals surface area contributed by atoms with Crippen molar-refractivity contribution in [3.05, 3.63) is 65.0 Å². The minimum Gasteiger partial charge on any atom is -0.465 e. The van der Waals surface area contributed by atoms with Crippen LogP contribution in [0.5, 0.6) is 0 Å². The van der Waals surface area contributed by atoms with Crippen molar-refractivity contribution in [3.63, 3.8) is 0 Å². The van der Waals surface area contributed by atoms with E-state index in [9.17, 15) is 45.4 Å². The van der Waals surface area contributed by atoms with Gasteiger partial charge in [-0.25, -0.2) is 14.0 Å². The van der Waals surface area contributed by atoms with Gasteiger partial charge in [0.05, 0.1) is 17.2 Å². The Hall–Kier alpha value is -3.51. The molecule has 2 aromatic carbocycles. The number of alkyl halides is 6. The summed E-state index contributed by atoms with van der Waals surface area (Å²) in [5.41, 5.74) is -3.46. The number of anilines is 1. The average molecular weight is 479 g/mol. The van der Waals surface area contributed by atoms with Gasteiger partial charge in [-0.3, -0.25) is 0 Å². The zero-order valence-corrected chi connectivity index (χ0v) is 16.5. The molecule has 6 nitrogen and oxygen atoms in total. The molecule has 2 aromatic rings. The molecular weight excluding hydrogens is 463 g/mol.